The van der Waals surface area contributed by atoms with Crippen molar-refractivity contribution in [3.8, 4) is 0 Å². The van der Waals surface area contributed by atoms with Gasteiger partial charge in [0.05, 0.1) is 5.52 Å². The maximum absolute atomic E-state index is 13.8. The number of para-hydroxylation sites is 1. The molecule has 0 bridgehead atoms. The molecular weight excluding hydrogens is 471 g/mol. The Morgan fingerprint density at radius 2 is 1.68 bits per heavy atom. The number of anilines is 2. The Kier molecular flexibility index (Phi) is 7.52. The molecule has 0 spiro atoms. The molecule has 0 aliphatic heterocycles. The lowest BCUT2D eigenvalue weighted by molar-refractivity contribution is -0.146. The first-order valence-electron chi connectivity index (χ1n) is 12.1. The molecule has 9 heteroatoms. The normalized spacial score (nSPS) is 12.7. The molecule has 1 unspecified atom stereocenters. The number of nitrogens with zero attached hydrogens (tertiary/aromatic N) is 5. The van der Waals surface area contributed by atoms with Gasteiger partial charge in [0.15, 0.2) is 0 Å². The second kappa shape index (κ2) is 10.8. The van der Waals surface area contributed by atoms with E-state index in [1.807, 2.05) is 74.4 Å². The van der Waals surface area contributed by atoms with Gasteiger partial charge < -0.3 is 15.1 Å². The number of fused-ring (bicyclic) bond motifs is 1. The van der Waals surface area contributed by atoms with E-state index in [0.717, 1.165) is 11.2 Å². The number of nitrogens with one attached hydrogen (secondary N) is 1. The van der Waals surface area contributed by atoms with E-state index in [-0.39, 0.29) is 30.7 Å². The van der Waals surface area contributed by atoms with Crippen molar-refractivity contribution in [2.24, 2.45) is 0 Å². The van der Waals surface area contributed by atoms with Crippen molar-refractivity contribution in [3.05, 3.63) is 84.2 Å². The molecule has 1 heterocycles. The molecule has 0 aliphatic carbocycles. The highest BCUT2D eigenvalue weighted by Gasteiger charge is 2.41. The zero-order valence-electron chi connectivity index (χ0n) is 21.5. The Bertz CT molecular complexity index is 1380. The van der Waals surface area contributed by atoms with Crippen LogP contribution in [0.2, 0.25) is 0 Å². The largest absolute Gasteiger partial charge is 0.378 e. The summed E-state index contributed by atoms with van der Waals surface area (Å²) in [6, 6.07) is 20.8. The molecule has 1 N–H and O–H groups in total. The van der Waals surface area contributed by atoms with Gasteiger partial charge in [0.1, 0.15) is 23.4 Å². The Morgan fingerprint density at radius 1 is 1.00 bits per heavy atom. The van der Waals surface area contributed by atoms with E-state index in [1.165, 1.54) is 16.8 Å². The molecule has 0 radical (unpaired) electrons. The highest BCUT2D eigenvalue weighted by Crippen LogP contribution is 2.26. The van der Waals surface area contributed by atoms with Crippen LogP contribution in [0.15, 0.2) is 72.8 Å². The third kappa shape index (κ3) is 5.61. The summed E-state index contributed by atoms with van der Waals surface area (Å²) in [4.78, 5) is 31.0. The quantitative estimate of drug-likeness (QED) is 0.365. The van der Waals surface area contributed by atoms with E-state index in [9.17, 15) is 14.0 Å². The van der Waals surface area contributed by atoms with Crippen molar-refractivity contribution in [1.82, 2.24) is 19.9 Å². The van der Waals surface area contributed by atoms with Crippen molar-refractivity contribution in [2.75, 3.05) is 24.3 Å². The maximum atomic E-state index is 13.8. The maximum Gasteiger partial charge on any atom is 0.250 e. The van der Waals surface area contributed by atoms with Gasteiger partial charge in [-0.3, -0.25) is 9.59 Å². The van der Waals surface area contributed by atoms with E-state index in [4.69, 9.17) is 0 Å². The van der Waals surface area contributed by atoms with Crippen molar-refractivity contribution >= 4 is 34.2 Å². The minimum atomic E-state index is -1.19. The van der Waals surface area contributed by atoms with Crippen LogP contribution in [-0.2, 0) is 22.7 Å². The Labute approximate surface area is 215 Å². The first-order chi connectivity index (χ1) is 17.7. The van der Waals surface area contributed by atoms with Crippen LogP contribution in [0.3, 0.4) is 0 Å². The standard InChI is InChI=1S/C28H31FN6O2/c1-5-28(2,27(37)30-22-14-16-23(17-15-22)33(3)4)34(18-20-10-12-21(29)13-11-20)26(36)19-35-25-9-7-6-8-24(25)31-32-35/h6-17H,5,18-19H2,1-4H3,(H,30,37). The fourth-order valence-corrected chi connectivity index (χ4v) is 4.14. The molecule has 4 aromatic rings. The van der Waals surface area contributed by atoms with Crippen LogP contribution in [0.5, 0.6) is 0 Å². The van der Waals surface area contributed by atoms with E-state index in [0.29, 0.717) is 23.2 Å². The average molecular weight is 503 g/mol. The first-order valence-corrected chi connectivity index (χ1v) is 12.1. The zero-order valence-corrected chi connectivity index (χ0v) is 21.5. The van der Waals surface area contributed by atoms with Crippen molar-refractivity contribution in [2.45, 2.75) is 38.9 Å². The Hall–Kier alpha value is -4.27. The fourth-order valence-electron chi connectivity index (χ4n) is 4.14. The third-order valence-electron chi connectivity index (χ3n) is 6.68. The summed E-state index contributed by atoms with van der Waals surface area (Å²) in [6.45, 7) is 3.65. The molecule has 0 aliphatic rings. The zero-order chi connectivity index (χ0) is 26.6. The van der Waals surface area contributed by atoms with E-state index in [1.54, 1.807) is 24.0 Å². The van der Waals surface area contributed by atoms with Crippen molar-refractivity contribution in [3.63, 3.8) is 0 Å². The number of amides is 2. The van der Waals surface area contributed by atoms with E-state index in [2.05, 4.69) is 15.6 Å². The summed E-state index contributed by atoms with van der Waals surface area (Å²) in [6.07, 6.45) is 0.361. The number of aromatic nitrogens is 3. The minimum absolute atomic E-state index is 0.0951. The summed E-state index contributed by atoms with van der Waals surface area (Å²) in [5.74, 6) is -0.984. The van der Waals surface area contributed by atoms with Gasteiger partial charge in [0.2, 0.25) is 11.8 Å². The molecular formula is C28H31FN6O2. The second-order valence-corrected chi connectivity index (χ2v) is 9.36. The van der Waals surface area contributed by atoms with Crippen LogP contribution >= 0.6 is 0 Å². The lowest BCUT2D eigenvalue weighted by Gasteiger charge is -2.39. The van der Waals surface area contributed by atoms with E-state index < -0.39 is 5.54 Å². The van der Waals surface area contributed by atoms with Gasteiger partial charge in [-0.15, -0.1) is 5.10 Å². The monoisotopic (exact) mass is 502 g/mol. The lowest BCUT2D eigenvalue weighted by Crippen LogP contribution is -2.57. The van der Waals surface area contributed by atoms with Crippen LogP contribution in [0.4, 0.5) is 15.8 Å². The highest BCUT2D eigenvalue weighted by molar-refractivity contribution is 6.00. The smallest absolute Gasteiger partial charge is 0.250 e. The Balaban J connectivity index is 1.64. The minimum Gasteiger partial charge on any atom is -0.378 e. The van der Waals surface area contributed by atoms with E-state index >= 15 is 0 Å². The summed E-state index contributed by atoms with van der Waals surface area (Å²) in [5, 5.41) is 11.3. The predicted molar refractivity (Wildman–Crippen MR) is 143 cm³/mol. The number of rotatable bonds is 9. The molecule has 4 rings (SSSR count). The number of benzene rings is 3. The fraction of sp³-hybridized carbons (Fsp3) is 0.286. The summed E-state index contributed by atoms with van der Waals surface area (Å²) in [7, 11) is 3.89. The van der Waals surface area contributed by atoms with Crippen LogP contribution in [0, 0.1) is 5.82 Å². The average Bonchev–Trinajstić information content (AvgIpc) is 3.30. The van der Waals surface area contributed by atoms with Crippen LogP contribution in [0.1, 0.15) is 25.8 Å². The lowest BCUT2D eigenvalue weighted by atomic mass is 9.93. The topological polar surface area (TPSA) is 83.4 Å². The predicted octanol–water partition coefficient (Wildman–Crippen LogP) is 4.47. The molecule has 3 aromatic carbocycles. The highest BCUT2D eigenvalue weighted by atomic mass is 19.1. The summed E-state index contributed by atoms with van der Waals surface area (Å²) in [5.41, 5.74) is 2.55. The molecule has 1 atom stereocenters. The summed E-state index contributed by atoms with van der Waals surface area (Å²) >= 11 is 0. The van der Waals surface area contributed by atoms with Gasteiger partial charge in [0.25, 0.3) is 0 Å². The summed E-state index contributed by atoms with van der Waals surface area (Å²) < 4.78 is 15.1. The SMILES string of the molecule is CCC(C)(C(=O)Nc1ccc(N(C)C)cc1)N(Cc1ccc(F)cc1)C(=O)Cn1nnc2ccccc21. The molecule has 8 nitrogen and oxygen atoms in total. The van der Waals surface area contributed by atoms with Crippen LogP contribution < -0.4 is 10.2 Å². The van der Waals surface area contributed by atoms with Gasteiger partial charge in [-0.25, -0.2) is 9.07 Å². The van der Waals surface area contributed by atoms with Crippen LogP contribution in [-0.4, -0.2) is 51.3 Å². The second-order valence-electron chi connectivity index (χ2n) is 9.36. The first kappa shape index (κ1) is 25.8. The van der Waals surface area contributed by atoms with Gasteiger partial charge in [-0.2, -0.15) is 0 Å². The molecule has 1 aromatic heterocycles. The van der Waals surface area contributed by atoms with Crippen molar-refractivity contribution < 1.29 is 14.0 Å². The third-order valence-corrected chi connectivity index (χ3v) is 6.68. The van der Waals surface area contributed by atoms with Crippen molar-refractivity contribution in [1.29, 1.82) is 0 Å². The molecule has 0 saturated heterocycles. The van der Waals surface area contributed by atoms with Gasteiger partial charge >= 0.3 is 0 Å². The van der Waals surface area contributed by atoms with Gasteiger partial charge in [-0.1, -0.05) is 36.4 Å². The van der Waals surface area contributed by atoms with Gasteiger partial charge in [0, 0.05) is 32.0 Å². The number of carbonyl (C=O) groups is 2. The Morgan fingerprint density at radius 3 is 2.32 bits per heavy atom. The number of carbonyl (C=O) groups excluding carboxylic acids is 2. The number of hydrogen-bond acceptors (Lipinski definition) is 5. The molecule has 0 saturated carbocycles. The number of hydrogen-bond donors (Lipinski definition) is 1. The molecule has 192 valence electrons. The molecule has 0 fully saturated rings. The molecule has 37 heavy (non-hydrogen) atoms. The van der Waals surface area contributed by atoms with Gasteiger partial charge in [-0.05, 0) is 67.4 Å². The number of halogens is 1. The molecule has 2 amide bonds. The van der Waals surface area contributed by atoms with Crippen LogP contribution in [0.25, 0.3) is 11.0 Å².